The zero-order chi connectivity index (χ0) is 18.1. The van der Waals surface area contributed by atoms with Crippen LogP contribution in [0.25, 0.3) is 11.2 Å². The number of fused-ring (bicyclic) bond motifs is 1. The first-order chi connectivity index (χ1) is 12.7. The standard InChI is InChI=1S/C18H20N4O3S/c1-25-17(23)12-7-15-16(20-8-12)22(13-5-3-2-4-6-13)18(24)21(15)10-14-9-19-11-26-14/h7-9,11,13H,2-6,10H2,1H3. The molecule has 0 aliphatic heterocycles. The average Bonchev–Trinajstić information content (AvgIpc) is 3.28. The number of hydrogen-bond donors (Lipinski definition) is 0. The van der Waals surface area contributed by atoms with E-state index in [1.165, 1.54) is 31.1 Å². The fourth-order valence-corrected chi connectivity index (χ4v) is 4.26. The van der Waals surface area contributed by atoms with Crippen molar-refractivity contribution in [1.82, 2.24) is 19.1 Å². The van der Waals surface area contributed by atoms with E-state index in [1.807, 2.05) is 4.57 Å². The summed E-state index contributed by atoms with van der Waals surface area (Å²) in [5.74, 6) is -0.457. The average molecular weight is 372 g/mol. The largest absolute Gasteiger partial charge is 0.465 e. The fourth-order valence-electron chi connectivity index (χ4n) is 3.68. The number of ether oxygens (including phenoxy) is 1. The molecule has 0 spiro atoms. The summed E-state index contributed by atoms with van der Waals surface area (Å²) in [6, 6.07) is 1.87. The molecule has 8 heteroatoms. The van der Waals surface area contributed by atoms with Crippen LogP contribution in [-0.2, 0) is 11.3 Å². The van der Waals surface area contributed by atoms with Gasteiger partial charge in [-0.1, -0.05) is 19.3 Å². The molecule has 3 aromatic rings. The number of esters is 1. The van der Waals surface area contributed by atoms with Gasteiger partial charge in [-0.25, -0.2) is 14.6 Å². The van der Waals surface area contributed by atoms with E-state index in [2.05, 4.69) is 9.97 Å². The second-order valence-electron chi connectivity index (χ2n) is 6.56. The molecule has 0 aromatic carbocycles. The lowest BCUT2D eigenvalue weighted by Crippen LogP contribution is -2.29. The van der Waals surface area contributed by atoms with E-state index in [4.69, 9.17) is 4.74 Å². The third-order valence-electron chi connectivity index (χ3n) is 4.96. The lowest BCUT2D eigenvalue weighted by molar-refractivity contribution is 0.0600. The number of pyridine rings is 1. The number of carbonyl (C=O) groups excluding carboxylic acids is 1. The van der Waals surface area contributed by atoms with Crippen molar-refractivity contribution in [2.24, 2.45) is 0 Å². The molecule has 0 saturated heterocycles. The summed E-state index contributed by atoms with van der Waals surface area (Å²) in [6.07, 6.45) is 8.69. The molecule has 1 aliphatic rings. The highest BCUT2D eigenvalue weighted by Gasteiger charge is 2.24. The summed E-state index contributed by atoms with van der Waals surface area (Å²) in [4.78, 5) is 34.7. The van der Waals surface area contributed by atoms with Crippen LogP contribution in [0.4, 0.5) is 0 Å². The lowest BCUT2D eigenvalue weighted by Gasteiger charge is -2.22. The minimum absolute atomic E-state index is 0.0742. The first-order valence-corrected chi connectivity index (χ1v) is 9.63. The Hall–Kier alpha value is -2.48. The van der Waals surface area contributed by atoms with Gasteiger partial charge in [0.05, 0.1) is 30.2 Å². The molecule has 1 saturated carbocycles. The Kier molecular flexibility index (Phi) is 4.58. The van der Waals surface area contributed by atoms with Gasteiger partial charge in [0.15, 0.2) is 5.65 Å². The summed E-state index contributed by atoms with van der Waals surface area (Å²) in [7, 11) is 1.34. The Balaban J connectivity index is 1.89. The topological polar surface area (TPSA) is 79.0 Å². The fraction of sp³-hybridized carbons (Fsp3) is 0.444. The maximum absolute atomic E-state index is 13.2. The Morgan fingerprint density at radius 3 is 2.81 bits per heavy atom. The number of rotatable bonds is 4. The summed E-state index contributed by atoms with van der Waals surface area (Å²) in [5.41, 5.74) is 3.32. The van der Waals surface area contributed by atoms with Gasteiger partial charge < -0.3 is 4.74 Å². The number of imidazole rings is 1. The molecule has 0 amide bonds. The second-order valence-corrected chi connectivity index (χ2v) is 7.53. The van der Waals surface area contributed by atoms with Gasteiger partial charge in [-0.15, -0.1) is 11.3 Å². The molecule has 7 nitrogen and oxygen atoms in total. The minimum Gasteiger partial charge on any atom is -0.465 e. The van der Waals surface area contributed by atoms with E-state index < -0.39 is 5.97 Å². The van der Waals surface area contributed by atoms with Crippen LogP contribution in [0.3, 0.4) is 0 Å². The van der Waals surface area contributed by atoms with Gasteiger partial charge in [0, 0.05) is 23.3 Å². The molecule has 0 radical (unpaired) electrons. The SMILES string of the molecule is COC(=O)c1cnc2c(c1)n(Cc1cncs1)c(=O)n2C1CCCCC1. The van der Waals surface area contributed by atoms with E-state index in [0.717, 1.165) is 30.6 Å². The van der Waals surface area contributed by atoms with E-state index in [1.54, 1.807) is 22.3 Å². The van der Waals surface area contributed by atoms with Gasteiger partial charge in [-0.2, -0.15) is 0 Å². The Morgan fingerprint density at radius 1 is 1.31 bits per heavy atom. The smallest absolute Gasteiger partial charge is 0.339 e. The maximum Gasteiger partial charge on any atom is 0.339 e. The molecule has 0 N–H and O–H groups in total. The number of thiazole rings is 1. The summed E-state index contributed by atoms with van der Waals surface area (Å²) < 4.78 is 8.31. The van der Waals surface area contributed by atoms with Crippen LogP contribution in [0.2, 0.25) is 0 Å². The number of methoxy groups -OCH3 is 1. The van der Waals surface area contributed by atoms with E-state index in [0.29, 0.717) is 23.3 Å². The highest BCUT2D eigenvalue weighted by molar-refractivity contribution is 7.09. The van der Waals surface area contributed by atoms with Crippen molar-refractivity contribution in [3.63, 3.8) is 0 Å². The number of hydrogen-bond acceptors (Lipinski definition) is 6. The number of carbonyl (C=O) groups is 1. The van der Waals surface area contributed by atoms with E-state index in [9.17, 15) is 9.59 Å². The van der Waals surface area contributed by atoms with Crippen molar-refractivity contribution in [2.75, 3.05) is 7.11 Å². The molecule has 0 unspecified atom stereocenters. The molecule has 26 heavy (non-hydrogen) atoms. The van der Waals surface area contributed by atoms with Gasteiger partial charge in [0.2, 0.25) is 0 Å². The van der Waals surface area contributed by atoms with Crippen molar-refractivity contribution < 1.29 is 9.53 Å². The molecule has 3 aromatic heterocycles. The number of aromatic nitrogens is 4. The van der Waals surface area contributed by atoms with Crippen LogP contribution in [0.5, 0.6) is 0 Å². The molecule has 4 rings (SSSR count). The van der Waals surface area contributed by atoms with Crippen molar-refractivity contribution >= 4 is 28.5 Å². The molecule has 136 valence electrons. The Bertz CT molecular complexity index is 984. The van der Waals surface area contributed by atoms with E-state index >= 15 is 0 Å². The van der Waals surface area contributed by atoms with Gasteiger partial charge >= 0.3 is 11.7 Å². The third-order valence-corrected chi connectivity index (χ3v) is 5.73. The highest BCUT2D eigenvalue weighted by atomic mass is 32.1. The zero-order valence-corrected chi connectivity index (χ0v) is 15.4. The molecule has 3 heterocycles. The van der Waals surface area contributed by atoms with Gasteiger partial charge in [0.1, 0.15) is 0 Å². The van der Waals surface area contributed by atoms with Gasteiger partial charge in [-0.05, 0) is 18.9 Å². The lowest BCUT2D eigenvalue weighted by atomic mass is 9.95. The van der Waals surface area contributed by atoms with Gasteiger partial charge in [-0.3, -0.25) is 14.1 Å². The van der Waals surface area contributed by atoms with Crippen molar-refractivity contribution in [3.05, 3.63) is 44.9 Å². The molecular formula is C18H20N4O3S. The van der Waals surface area contributed by atoms with Crippen molar-refractivity contribution in [1.29, 1.82) is 0 Å². The first kappa shape index (κ1) is 17.0. The summed E-state index contributed by atoms with van der Waals surface area (Å²) in [6.45, 7) is 0.423. The zero-order valence-electron chi connectivity index (χ0n) is 14.6. The quantitative estimate of drug-likeness (QED) is 0.658. The molecule has 1 aliphatic carbocycles. The minimum atomic E-state index is -0.457. The van der Waals surface area contributed by atoms with Crippen molar-refractivity contribution in [2.45, 2.75) is 44.7 Å². The van der Waals surface area contributed by atoms with Crippen LogP contribution >= 0.6 is 11.3 Å². The Morgan fingerprint density at radius 2 is 2.12 bits per heavy atom. The Labute approximate surface area is 154 Å². The monoisotopic (exact) mass is 372 g/mol. The van der Waals surface area contributed by atoms with Crippen LogP contribution in [0, 0.1) is 0 Å². The highest BCUT2D eigenvalue weighted by Crippen LogP contribution is 2.30. The normalized spacial score (nSPS) is 15.4. The van der Waals surface area contributed by atoms with Gasteiger partial charge in [0.25, 0.3) is 0 Å². The molecule has 1 fully saturated rings. The maximum atomic E-state index is 13.2. The predicted molar refractivity (Wildman–Crippen MR) is 98.7 cm³/mol. The first-order valence-electron chi connectivity index (χ1n) is 8.75. The predicted octanol–water partition coefficient (Wildman–Crippen LogP) is 2.99. The number of nitrogens with zero attached hydrogens (tertiary/aromatic N) is 4. The van der Waals surface area contributed by atoms with E-state index in [-0.39, 0.29) is 11.7 Å². The third kappa shape index (κ3) is 2.94. The molecule has 0 atom stereocenters. The van der Waals surface area contributed by atoms with Crippen LogP contribution in [0.1, 0.15) is 53.4 Å². The second kappa shape index (κ2) is 7.03. The summed E-state index contributed by atoms with van der Waals surface area (Å²) >= 11 is 1.50. The summed E-state index contributed by atoms with van der Waals surface area (Å²) in [5, 5.41) is 0. The van der Waals surface area contributed by atoms with Crippen LogP contribution in [0.15, 0.2) is 28.8 Å². The van der Waals surface area contributed by atoms with Crippen LogP contribution in [-0.4, -0.2) is 32.2 Å². The van der Waals surface area contributed by atoms with Crippen LogP contribution < -0.4 is 5.69 Å². The molecule has 0 bridgehead atoms. The molecular weight excluding hydrogens is 352 g/mol. The van der Waals surface area contributed by atoms with Crippen molar-refractivity contribution in [3.8, 4) is 0 Å².